The third kappa shape index (κ3) is 2.62. The van der Waals surface area contributed by atoms with Crippen LogP contribution in [0.3, 0.4) is 0 Å². The predicted molar refractivity (Wildman–Crippen MR) is 60.3 cm³/mol. The van der Waals surface area contributed by atoms with Crippen molar-refractivity contribution in [3.63, 3.8) is 0 Å². The third-order valence-electron chi connectivity index (χ3n) is 2.15. The molecule has 0 aliphatic rings. The molecule has 1 aromatic rings. The van der Waals surface area contributed by atoms with Crippen molar-refractivity contribution >= 4 is 10.1 Å². The fourth-order valence-corrected chi connectivity index (χ4v) is 1.99. The highest BCUT2D eigenvalue weighted by Crippen LogP contribution is 2.39. The molecule has 17 heavy (non-hydrogen) atoms. The molecule has 1 aromatic carbocycles. The molecule has 0 aromatic heterocycles. The summed E-state index contributed by atoms with van der Waals surface area (Å²) in [6.07, 6.45) is 0. The van der Waals surface area contributed by atoms with Crippen LogP contribution in [0.25, 0.3) is 0 Å². The first-order valence-corrected chi connectivity index (χ1v) is 6.01. The number of benzene rings is 1. The topological polar surface area (TPSA) is 71.1 Å². The van der Waals surface area contributed by atoms with Crippen LogP contribution in [-0.4, -0.2) is 36.9 Å². The van der Waals surface area contributed by atoms with Crippen LogP contribution in [0.1, 0.15) is 0 Å². The molecule has 0 radical (unpaired) electrons. The average Bonchev–Trinajstić information content (AvgIpc) is 2.36. The highest BCUT2D eigenvalue weighted by atomic mass is 32.2. The quantitative estimate of drug-likeness (QED) is 0.739. The monoisotopic (exact) mass is 262 g/mol. The number of hydrogen-bond donors (Lipinski definition) is 0. The van der Waals surface area contributed by atoms with Crippen LogP contribution in [-0.2, 0) is 14.3 Å². The van der Waals surface area contributed by atoms with E-state index in [4.69, 9.17) is 14.2 Å². The van der Waals surface area contributed by atoms with Crippen LogP contribution in [0, 0.1) is 0 Å². The molecule has 0 bridgehead atoms. The van der Waals surface area contributed by atoms with Crippen molar-refractivity contribution < 1.29 is 26.8 Å². The molecule has 0 saturated carbocycles. The molecular weight excluding hydrogens is 248 g/mol. The molecule has 0 unspecified atom stereocenters. The van der Waals surface area contributed by atoms with Crippen molar-refractivity contribution in [3.05, 3.63) is 12.1 Å². The molecular formula is C10H14O6S. The van der Waals surface area contributed by atoms with Gasteiger partial charge in [-0.1, -0.05) is 0 Å². The molecule has 1 rings (SSSR count). The molecule has 0 amide bonds. The normalized spacial score (nSPS) is 11.1. The first kappa shape index (κ1) is 13.6. The molecule has 7 heteroatoms. The molecule has 0 spiro atoms. The van der Waals surface area contributed by atoms with Gasteiger partial charge in [0.05, 0.1) is 28.4 Å². The summed E-state index contributed by atoms with van der Waals surface area (Å²) in [5.74, 6) is 0.829. The summed E-state index contributed by atoms with van der Waals surface area (Å²) in [6.45, 7) is 0. The van der Waals surface area contributed by atoms with Crippen molar-refractivity contribution in [1.29, 1.82) is 0 Å². The minimum absolute atomic E-state index is 0.0606. The van der Waals surface area contributed by atoms with Gasteiger partial charge in [0.25, 0.3) is 10.1 Å². The molecule has 0 N–H and O–H groups in total. The highest BCUT2D eigenvalue weighted by Gasteiger charge is 2.20. The van der Waals surface area contributed by atoms with E-state index in [1.165, 1.54) is 33.5 Å². The summed E-state index contributed by atoms with van der Waals surface area (Å²) in [5, 5.41) is 0. The van der Waals surface area contributed by atoms with Gasteiger partial charge < -0.3 is 14.2 Å². The van der Waals surface area contributed by atoms with E-state index in [2.05, 4.69) is 4.18 Å². The standard InChI is InChI=1S/C10H14O6S/c1-13-8-5-7(17(11,12)16-4)6-9(14-2)10(8)15-3/h5-6H,1-4H3. The van der Waals surface area contributed by atoms with Gasteiger partial charge in [-0.05, 0) is 0 Å². The summed E-state index contributed by atoms with van der Waals surface area (Å²) in [6, 6.07) is 2.61. The Morgan fingerprint density at radius 2 is 1.35 bits per heavy atom. The predicted octanol–water partition coefficient (Wildman–Crippen LogP) is 1.05. The Morgan fingerprint density at radius 3 is 1.65 bits per heavy atom. The highest BCUT2D eigenvalue weighted by molar-refractivity contribution is 7.86. The van der Waals surface area contributed by atoms with E-state index in [1.807, 2.05) is 0 Å². The third-order valence-corrected chi connectivity index (χ3v) is 3.40. The van der Waals surface area contributed by atoms with Crippen LogP contribution in [0.4, 0.5) is 0 Å². The maximum absolute atomic E-state index is 11.6. The maximum atomic E-state index is 11.6. The fraction of sp³-hybridized carbons (Fsp3) is 0.400. The fourth-order valence-electron chi connectivity index (χ4n) is 1.30. The van der Waals surface area contributed by atoms with Crippen molar-refractivity contribution in [2.45, 2.75) is 4.90 Å². The van der Waals surface area contributed by atoms with E-state index in [9.17, 15) is 8.42 Å². The van der Waals surface area contributed by atoms with E-state index >= 15 is 0 Å². The molecule has 0 aliphatic carbocycles. The Hall–Kier alpha value is -1.47. The minimum atomic E-state index is -3.80. The Morgan fingerprint density at radius 1 is 0.882 bits per heavy atom. The van der Waals surface area contributed by atoms with Crippen LogP contribution in [0.5, 0.6) is 17.2 Å². The summed E-state index contributed by atoms with van der Waals surface area (Å²) >= 11 is 0. The van der Waals surface area contributed by atoms with Crippen LogP contribution in [0.2, 0.25) is 0 Å². The van der Waals surface area contributed by atoms with E-state index in [0.29, 0.717) is 5.75 Å². The average molecular weight is 262 g/mol. The van der Waals surface area contributed by atoms with Gasteiger partial charge in [0.15, 0.2) is 11.5 Å². The number of ether oxygens (including phenoxy) is 3. The molecule has 0 aliphatic heterocycles. The van der Waals surface area contributed by atoms with Gasteiger partial charge in [-0.25, -0.2) is 0 Å². The van der Waals surface area contributed by atoms with Gasteiger partial charge in [-0.2, -0.15) is 8.42 Å². The van der Waals surface area contributed by atoms with Crippen LogP contribution >= 0.6 is 0 Å². The van der Waals surface area contributed by atoms with E-state index in [1.54, 1.807) is 0 Å². The molecule has 96 valence electrons. The van der Waals surface area contributed by atoms with Gasteiger partial charge in [0.2, 0.25) is 5.75 Å². The molecule has 0 atom stereocenters. The van der Waals surface area contributed by atoms with Gasteiger partial charge in [-0.15, -0.1) is 0 Å². The minimum Gasteiger partial charge on any atom is -0.493 e. The van der Waals surface area contributed by atoms with E-state index in [0.717, 1.165) is 7.11 Å². The zero-order valence-electron chi connectivity index (χ0n) is 10.0. The molecule has 0 saturated heterocycles. The van der Waals surface area contributed by atoms with Crippen LogP contribution < -0.4 is 14.2 Å². The SMILES string of the molecule is COc1cc(S(=O)(=O)OC)cc(OC)c1OC. The molecule has 0 heterocycles. The van der Waals surface area contributed by atoms with Crippen molar-refractivity contribution in [2.75, 3.05) is 28.4 Å². The summed E-state index contributed by atoms with van der Waals surface area (Å²) in [5.41, 5.74) is 0. The summed E-state index contributed by atoms with van der Waals surface area (Å²) in [4.78, 5) is -0.0606. The lowest BCUT2D eigenvalue weighted by molar-refractivity contribution is 0.322. The lowest BCUT2D eigenvalue weighted by atomic mass is 10.3. The number of rotatable bonds is 5. The molecule has 0 fully saturated rings. The van der Waals surface area contributed by atoms with Crippen molar-refractivity contribution in [1.82, 2.24) is 0 Å². The van der Waals surface area contributed by atoms with Crippen molar-refractivity contribution in [3.8, 4) is 17.2 Å². The summed E-state index contributed by atoms with van der Waals surface area (Å²) in [7, 11) is 1.52. The second kappa shape index (κ2) is 5.24. The Kier molecular flexibility index (Phi) is 4.19. The van der Waals surface area contributed by atoms with Crippen LogP contribution in [0.15, 0.2) is 17.0 Å². The zero-order chi connectivity index (χ0) is 13.1. The Labute approximate surface area is 100 Å². The lowest BCUT2D eigenvalue weighted by Gasteiger charge is -2.13. The van der Waals surface area contributed by atoms with Gasteiger partial charge >= 0.3 is 0 Å². The number of hydrogen-bond acceptors (Lipinski definition) is 6. The lowest BCUT2D eigenvalue weighted by Crippen LogP contribution is -2.05. The largest absolute Gasteiger partial charge is 0.493 e. The maximum Gasteiger partial charge on any atom is 0.296 e. The second-order valence-corrected chi connectivity index (χ2v) is 4.69. The Bertz CT molecular complexity index is 469. The zero-order valence-corrected chi connectivity index (χ0v) is 10.8. The Balaban J connectivity index is 3.48. The van der Waals surface area contributed by atoms with Crippen molar-refractivity contribution in [2.24, 2.45) is 0 Å². The van der Waals surface area contributed by atoms with Gasteiger partial charge in [0, 0.05) is 12.1 Å². The second-order valence-electron chi connectivity index (χ2n) is 2.98. The smallest absolute Gasteiger partial charge is 0.296 e. The van der Waals surface area contributed by atoms with Gasteiger partial charge in [-0.3, -0.25) is 4.18 Å². The van der Waals surface area contributed by atoms with Gasteiger partial charge in [0.1, 0.15) is 4.90 Å². The molecule has 6 nitrogen and oxygen atoms in total. The first-order valence-electron chi connectivity index (χ1n) is 4.60. The van der Waals surface area contributed by atoms with E-state index < -0.39 is 10.1 Å². The number of methoxy groups -OCH3 is 3. The first-order chi connectivity index (χ1) is 8.00. The van der Waals surface area contributed by atoms with E-state index in [-0.39, 0.29) is 16.4 Å². The summed E-state index contributed by atoms with van der Waals surface area (Å²) < 4.78 is 42.7.